The predicted molar refractivity (Wildman–Crippen MR) is 132 cm³/mol. The monoisotopic (exact) mass is 476 g/mol. The normalized spacial score (nSPS) is 17.1. The molecule has 3 aromatic rings. The van der Waals surface area contributed by atoms with Gasteiger partial charge in [-0.05, 0) is 55.4 Å². The van der Waals surface area contributed by atoms with Gasteiger partial charge in [-0.3, -0.25) is 4.79 Å². The van der Waals surface area contributed by atoms with Crippen LogP contribution >= 0.6 is 0 Å². The number of urea groups is 1. The Balaban J connectivity index is 1.43. The van der Waals surface area contributed by atoms with Gasteiger partial charge in [0, 0.05) is 30.3 Å². The van der Waals surface area contributed by atoms with Gasteiger partial charge in [0.2, 0.25) is 5.82 Å². The fourth-order valence-corrected chi connectivity index (χ4v) is 4.33. The van der Waals surface area contributed by atoms with E-state index in [1.54, 1.807) is 4.90 Å². The highest BCUT2D eigenvalue weighted by molar-refractivity contribution is 5.76. The van der Waals surface area contributed by atoms with E-state index >= 15 is 0 Å². The second-order valence-electron chi connectivity index (χ2n) is 9.54. The lowest BCUT2D eigenvalue weighted by Crippen LogP contribution is -2.52. The molecule has 184 valence electrons. The molecule has 35 heavy (non-hydrogen) atoms. The smallest absolute Gasteiger partial charge is 0.317 e. The van der Waals surface area contributed by atoms with Gasteiger partial charge in [0.25, 0.3) is 5.89 Å². The minimum Gasteiger partial charge on any atom is -0.481 e. The summed E-state index contributed by atoms with van der Waals surface area (Å²) in [6.45, 7) is 7.18. The van der Waals surface area contributed by atoms with Gasteiger partial charge in [-0.25, -0.2) is 4.79 Å². The fraction of sp³-hybridized carbons (Fsp3) is 0.407. The first-order valence-corrected chi connectivity index (χ1v) is 12.1. The highest BCUT2D eigenvalue weighted by atomic mass is 16.5. The van der Waals surface area contributed by atoms with E-state index in [1.165, 1.54) is 5.56 Å². The van der Waals surface area contributed by atoms with Crippen LogP contribution in [0.1, 0.15) is 44.7 Å². The van der Waals surface area contributed by atoms with E-state index in [9.17, 15) is 14.7 Å². The van der Waals surface area contributed by atoms with Crippen LogP contribution in [0.2, 0.25) is 0 Å². The Morgan fingerprint density at radius 1 is 1.06 bits per heavy atom. The third kappa shape index (κ3) is 5.88. The van der Waals surface area contributed by atoms with Crippen molar-refractivity contribution in [2.75, 3.05) is 6.54 Å². The van der Waals surface area contributed by atoms with Crippen LogP contribution in [0.15, 0.2) is 53.1 Å². The predicted octanol–water partition coefficient (Wildman–Crippen LogP) is 5.00. The molecule has 1 saturated carbocycles. The maximum Gasteiger partial charge on any atom is 0.317 e. The molecule has 0 aliphatic heterocycles. The quantitative estimate of drug-likeness (QED) is 0.450. The number of benzene rings is 2. The highest BCUT2D eigenvalue weighted by Gasteiger charge is 2.39. The molecule has 0 saturated heterocycles. The van der Waals surface area contributed by atoms with Crippen molar-refractivity contribution in [3.8, 4) is 22.8 Å². The van der Waals surface area contributed by atoms with Gasteiger partial charge in [0.15, 0.2) is 0 Å². The van der Waals surface area contributed by atoms with Gasteiger partial charge in [-0.1, -0.05) is 55.4 Å². The molecular formula is C27H32N4O4. The van der Waals surface area contributed by atoms with Crippen LogP contribution in [-0.4, -0.2) is 44.7 Å². The summed E-state index contributed by atoms with van der Waals surface area (Å²) in [4.78, 5) is 30.1. The minimum atomic E-state index is -0.799. The maximum absolute atomic E-state index is 12.6. The summed E-state index contributed by atoms with van der Waals surface area (Å²) >= 11 is 0. The second-order valence-corrected chi connectivity index (χ2v) is 9.54. The van der Waals surface area contributed by atoms with Gasteiger partial charge in [0.1, 0.15) is 0 Å². The zero-order valence-corrected chi connectivity index (χ0v) is 20.4. The summed E-state index contributed by atoms with van der Waals surface area (Å²) in [5.74, 6) is 0.398. The molecule has 1 heterocycles. The molecule has 1 aromatic heterocycles. The Labute approximate surface area is 205 Å². The van der Waals surface area contributed by atoms with Crippen molar-refractivity contribution in [1.29, 1.82) is 0 Å². The van der Waals surface area contributed by atoms with E-state index in [0.29, 0.717) is 43.6 Å². The summed E-state index contributed by atoms with van der Waals surface area (Å²) in [6, 6.07) is 15.6. The van der Waals surface area contributed by atoms with Gasteiger partial charge >= 0.3 is 12.0 Å². The van der Waals surface area contributed by atoms with Crippen molar-refractivity contribution in [3.05, 3.63) is 59.7 Å². The number of rotatable bonds is 9. The topological polar surface area (TPSA) is 109 Å². The fourth-order valence-electron chi connectivity index (χ4n) is 4.33. The molecule has 4 rings (SSSR count). The molecule has 0 atom stereocenters. The first-order chi connectivity index (χ1) is 16.8. The van der Waals surface area contributed by atoms with Crippen molar-refractivity contribution in [2.45, 2.75) is 52.6 Å². The standard InChI is InChI=1S/C27H32N4O4/c1-4-28-27(34)31(23-14-22(15-23)26(32)33)16-19-7-9-20(10-8-19)24-29-25(35-30-24)21-11-5-18(6-12-21)13-17(2)3/h5-12,17,22-23H,4,13-16H2,1-3H3,(H,28,34)(H,32,33). The summed E-state index contributed by atoms with van der Waals surface area (Å²) in [7, 11) is 0. The van der Waals surface area contributed by atoms with Crippen molar-refractivity contribution in [3.63, 3.8) is 0 Å². The Morgan fingerprint density at radius 3 is 2.29 bits per heavy atom. The van der Waals surface area contributed by atoms with E-state index in [2.05, 4.69) is 41.4 Å². The van der Waals surface area contributed by atoms with E-state index in [4.69, 9.17) is 4.52 Å². The largest absolute Gasteiger partial charge is 0.481 e. The molecular weight excluding hydrogens is 444 g/mol. The molecule has 8 heteroatoms. The van der Waals surface area contributed by atoms with Crippen LogP contribution in [-0.2, 0) is 17.8 Å². The Bertz CT molecular complexity index is 1150. The number of carboxylic acid groups (broad SMARTS) is 1. The number of aromatic nitrogens is 2. The zero-order valence-electron chi connectivity index (χ0n) is 20.4. The number of carboxylic acids is 1. The molecule has 1 aliphatic carbocycles. The van der Waals surface area contributed by atoms with E-state index in [-0.39, 0.29) is 18.0 Å². The molecule has 0 radical (unpaired) electrons. The number of nitrogens with zero attached hydrogens (tertiary/aromatic N) is 3. The minimum absolute atomic E-state index is 0.0750. The molecule has 2 amide bonds. The molecule has 2 aromatic carbocycles. The Morgan fingerprint density at radius 2 is 1.69 bits per heavy atom. The molecule has 1 fully saturated rings. The first kappa shape index (κ1) is 24.4. The van der Waals surface area contributed by atoms with Gasteiger partial charge in [0.05, 0.1) is 5.92 Å². The summed E-state index contributed by atoms with van der Waals surface area (Å²) in [6.07, 6.45) is 1.99. The number of nitrogens with one attached hydrogen (secondary N) is 1. The van der Waals surface area contributed by atoms with Gasteiger partial charge in [-0.2, -0.15) is 4.98 Å². The van der Waals surface area contributed by atoms with Crippen molar-refractivity contribution < 1.29 is 19.2 Å². The number of hydrogen-bond donors (Lipinski definition) is 2. The van der Waals surface area contributed by atoms with Crippen LogP contribution in [0.3, 0.4) is 0 Å². The number of hydrogen-bond acceptors (Lipinski definition) is 5. The number of aliphatic carboxylic acids is 1. The summed E-state index contributed by atoms with van der Waals surface area (Å²) in [5.41, 5.74) is 3.93. The SMILES string of the molecule is CCNC(=O)N(Cc1ccc(-c2noc(-c3ccc(CC(C)C)cc3)n2)cc1)C1CC(C(=O)O)C1. The Hall–Kier alpha value is -3.68. The van der Waals surface area contributed by atoms with E-state index in [0.717, 1.165) is 23.1 Å². The van der Waals surface area contributed by atoms with Crippen molar-refractivity contribution in [2.24, 2.45) is 11.8 Å². The Kier molecular flexibility index (Phi) is 7.48. The van der Waals surface area contributed by atoms with Crippen molar-refractivity contribution >= 4 is 12.0 Å². The molecule has 8 nitrogen and oxygen atoms in total. The van der Waals surface area contributed by atoms with Crippen molar-refractivity contribution in [1.82, 2.24) is 20.4 Å². The number of carbonyl (C=O) groups is 2. The third-order valence-electron chi connectivity index (χ3n) is 6.33. The summed E-state index contributed by atoms with van der Waals surface area (Å²) in [5, 5.41) is 16.2. The van der Waals surface area contributed by atoms with Gasteiger partial charge < -0.3 is 19.8 Å². The number of amides is 2. The maximum atomic E-state index is 12.6. The molecule has 0 bridgehead atoms. The average molecular weight is 477 g/mol. The van der Waals surface area contributed by atoms with E-state index < -0.39 is 5.97 Å². The average Bonchev–Trinajstić information content (AvgIpc) is 3.28. The highest BCUT2D eigenvalue weighted by Crippen LogP contribution is 2.33. The molecule has 0 spiro atoms. The van der Waals surface area contributed by atoms with Crippen LogP contribution in [0.4, 0.5) is 4.79 Å². The lowest BCUT2D eigenvalue weighted by atomic mass is 9.79. The molecule has 2 N–H and O–H groups in total. The van der Waals surface area contributed by atoms with Crippen LogP contribution in [0.5, 0.6) is 0 Å². The van der Waals surface area contributed by atoms with E-state index in [1.807, 2.05) is 43.3 Å². The lowest BCUT2D eigenvalue weighted by molar-refractivity contribution is -0.146. The lowest BCUT2D eigenvalue weighted by Gasteiger charge is -2.41. The zero-order chi connectivity index (χ0) is 24.9. The van der Waals surface area contributed by atoms with Gasteiger partial charge in [-0.15, -0.1) is 0 Å². The summed E-state index contributed by atoms with van der Waals surface area (Å²) < 4.78 is 5.49. The molecule has 1 aliphatic rings. The number of carbonyl (C=O) groups excluding carboxylic acids is 1. The third-order valence-corrected chi connectivity index (χ3v) is 6.33. The van der Waals surface area contributed by atoms with Crippen LogP contribution in [0, 0.1) is 11.8 Å². The molecule has 0 unspecified atom stereocenters. The van der Waals surface area contributed by atoms with Crippen LogP contribution in [0.25, 0.3) is 22.8 Å². The second kappa shape index (κ2) is 10.7. The van der Waals surface area contributed by atoms with Crippen LogP contribution < -0.4 is 5.32 Å². The first-order valence-electron chi connectivity index (χ1n) is 12.1.